The third-order valence-corrected chi connectivity index (χ3v) is 2.97. The van der Waals surface area contributed by atoms with Crippen LogP contribution in [0.2, 0.25) is 0 Å². The maximum atomic E-state index is 11.0. The van der Waals surface area contributed by atoms with Crippen LogP contribution >= 0.6 is 0 Å². The van der Waals surface area contributed by atoms with Crippen LogP contribution in [0.1, 0.15) is 25.7 Å². The van der Waals surface area contributed by atoms with E-state index in [1.165, 1.54) is 6.42 Å². The van der Waals surface area contributed by atoms with E-state index in [1.54, 1.807) is 0 Å². The van der Waals surface area contributed by atoms with Gasteiger partial charge in [0.2, 0.25) is 0 Å². The van der Waals surface area contributed by atoms with E-state index in [2.05, 4.69) is 4.74 Å². The predicted octanol–water partition coefficient (Wildman–Crippen LogP) is 0.331. The summed E-state index contributed by atoms with van der Waals surface area (Å²) in [5, 5.41) is 0. The zero-order valence-corrected chi connectivity index (χ0v) is 9.31. The molecule has 0 amide bonds. The van der Waals surface area contributed by atoms with E-state index in [1.807, 2.05) is 4.90 Å². The second-order valence-corrected chi connectivity index (χ2v) is 4.33. The van der Waals surface area contributed by atoms with Gasteiger partial charge in [0, 0.05) is 13.2 Å². The second-order valence-electron chi connectivity index (χ2n) is 4.33. The lowest BCUT2D eigenvalue weighted by Crippen LogP contribution is -2.44. The molecule has 0 aromatic carbocycles. The average molecular weight is 227 g/mol. The highest BCUT2D eigenvalue weighted by Crippen LogP contribution is 2.16. The van der Waals surface area contributed by atoms with E-state index < -0.39 is 11.9 Å². The molecular formula is C11H17NO4. The first-order valence-electron chi connectivity index (χ1n) is 5.81. The zero-order chi connectivity index (χ0) is 11.4. The monoisotopic (exact) mass is 227 g/mol. The molecule has 0 saturated carbocycles. The minimum absolute atomic E-state index is 0.221. The minimum atomic E-state index is -0.444. The van der Waals surface area contributed by atoms with Crippen LogP contribution in [0, 0.1) is 0 Å². The van der Waals surface area contributed by atoms with Crippen molar-refractivity contribution in [3.63, 3.8) is 0 Å². The van der Waals surface area contributed by atoms with Gasteiger partial charge in [0.15, 0.2) is 0 Å². The highest BCUT2D eigenvalue weighted by Gasteiger charge is 2.25. The number of ether oxygens (including phenoxy) is 2. The number of morpholine rings is 1. The van der Waals surface area contributed by atoms with Crippen LogP contribution in [0.15, 0.2) is 0 Å². The summed E-state index contributed by atoms with van der Waals surface area (Å²) in [6.07, 6.45) is 4.63. The number of hydrogen-bond acceptors (Lipinski definition) is 5. The van der Waals surface area contributed by atoms with Crippen molar-refractivity contribution in [1.29, 1.82) is 0 Å². The van der Waals surface area contributed by atoms with Crippen LogP contribution in [0.4, 0.5) is 0 Å². The van der Waals surface area contributed by atoms with Crippen molar-refractivity contribution in [3.8, 4) is 0 Å². The molecule has 1 atom stereocenters. The van der Waals surface area contributed by atoms with Crippen LogP contribution < -0.4 is 0 Å². The number of carbonyl (C=O) groups excluding carboxylic acids is 2. The Morgan fingerprint density at radius 2 is 1.94 bits per heavy atom. The summed E-state index contributed by atoms with van der Waals surface area (Å²) >= 11 is 0. The normalized spacial score (nSPS) is 27.9. The van der Waals surface area contributed by atoms with E-state index >= 15 is 0 Å². The SMILES string of the molecule is O=C1CN(CCC2CCCCO2)CC(=O)O1. The lowest BCUT2D eigenvalue weighted by molar-refractivity contribution is -0.167. The van der Waals surface area contributed by atoms with Crippen molar-refractivity contribution < 1.29 is 19.1 Å². The number of carbonyl (C=O) groups is 2. The molecule has 0 aromatic rings. The third-order valence-electron chi connectivity index (χ3n) is 2.97. The maximum absolute atomic E-state index is 11.0. The molecule has 0 aromatic heterocycles. The Morgan fingerprint density at radius 1 is 1.19 bits per heavy atom. The summed E-state index contributed by atoms with van der Waals surface area (Å²) in [6.45, 7) is 2.01. The van der Waals surface area contributed by atoms with Crippen LogP contribution in [-0.2, 0) is 19.1 Å². The Bertz CT molecular complexity index is 257. The van der Waals surface area contributed by atoms with E-state index in [0.717, 1.165) is 32.4 Å². The van der Waals surface area contributed by atoms with Crippen LogP contribution in [0.3, 0.4) is 0 Å². The lowest BCUT2D eigenvalue weighted by Gasteiger charge is -2.27. The van der Waals surface area contributed by atoms with Crippen molar-refractivity contribution in [2.24, 2.45) is 0 Å². The number of rotatable bonds is 3. The van der Waals surface area contributed by atoms with Crippen molar-refractivity contribution in [3.05, 3.63) is 0 Å². The largest absolute Gasteiger partial charge is 0.391 e. The van der Waals surface area contributed by atoms with Crippen LogP contribution in [0.5, 0.6) is 0 Å². The van der Waals surface area contributed by atoms with Crippen molar-refractivity contribution in [2.45, 2.75) is 31.8 Å². The molecule has 2 aliphatic heterocycles. The average Bonchev–Trinajstić information content (AvgIpc) is 2.27. The first kappa shape index (κ1) is 11.5. The summed E-state index contributed by atoms with van der Waals surface area (Å²) in [5.41, 5.74) is 0. The van der Waals surface area contributed by atoms with E-state index in [-0.39, 0.29) is 13.1 Å². The maximum Gasteiger partial charge on any atom is 0.327 e. The van der Waals surface area contributed by atoms with Crippen molar-refractivity contribution in [2.75, 3.05) is 26.2 Å². The molecule has 0 bridgehead atoms. The topological polar surface area (TPSA) is 55.8 Å². The number of esters is 2. The molecule has 2 heterocycles. The van der Waals surface area contributed by atoms with Gasteiger partial charge in [-0.15, -0.1) is 0 Å². The Morgan fingerprint density at radius 3 is 2.56 bits per heavy atom. The Balaban J connectivity index is 1.72. The molecule has 5 heteroatoms. The molecule has 2 aliphatic rings. The lowest BCUT2D eigenvalue weighted by atomic mass is 10.1. The summed E-state index contributed by atoms with van der Waals surface area (Å²) in [4.78, 5) is 23.9. The third kappa shape index (κ3) is 3.28. The van der Waals surface area contributed by atoms with Gasteiger partial charge in [0.1, 0.15) is 0 Å². The molecule has 2 rings (SSSR count). The Labute approximate surface area is 94.7 Å². The molecule has 1 unspecified atom stereocenters. The van der Waals surface area contributed by atoms with Gasteiger partial charge in [0.25, 0.3) is 0 Å². The van der Waals surface area contributed by atoms with E-state index in [0.29, 0.717) is 6.10 Å². The molecule has 5 nitrogen and oxygen atoms in total. The number of cyclic esters (lactones) is 2. The Kier molecular flexibility index (Phi) is 3.90. The van der Waals surface area contributed by atoms with Gasteiger partial charge in [-0.25, -0.2) is 0 Å². The van der Waals surface area contributed by atoms with Gasteiger partial charge in [-0.2, -0.15) is 0 Å². The summed E-state index contributed by atoms with van der Waals surface area (Å²) < 4.78 is 10.1. The number of nitrogens with zero attached hydrogens (tertiary/aromatic N) is 1. The van der Waals surface area contributed by atoms with E-state index in [4.69, 9.17) is 4.74 Å². The Hall–Kier alpha value is -0.940. The first-order chi connectivity index (χ1) is 7.74. The molecule has 16 heavy (non-hydrogen) atoms. The molecular weight excluding hydrogens is 210 g/mol. The summed E-state index contributed by atoms with van der Waals surface area (Å²) in [6, 6.07) is 0. The van der Waals surface area contributed by atoms with Gasteiger partial charge < -0.3 is 9.47 Å². The predicted molar refractivity (Wildman–Crippen MR) is 55.7 cm³/mol. The quantitative estimate of drug-likeness (QED) is 0.513. The molecule has 2 saturated heterocycles. The fourth-order valence-corrected chi connectivity index (χ4v) is 2.13. The van der Waals surface area contributed by atoms with E-state index in [9.17, 15) is 9.59 Å². The van der Waals surface area contributed by atoms with Crippen molar-refractivity contribution in [1.82, 2.24) is 4.90 Å². The molecule has 0 spiro atoms. The number of hydrogen-bond donors (Lipinski definition) is 0. The highest BCUT2D eigenvalue weighted by atomic mass is 16.6. The second kappa shape index (κ2) is 5.41. The fourth-order valence-electron chi connectivity index (χ4n) is 2.13. The highest BCUT2D eigenvalue weighted by molar-refractivity contribution is 5.90. The van der Waals surface area contributed by atoms with Crippen LogP contribution in [-0.4, -0.2) is 49.2 Å². The fraction of sp³-hybridized carbons (Fsp3) is 0.818. The van der Waals surface area contributed by atoms with Gasteiger partial charge in [0.05, 0.1) is 19.2 Å². The minimum Gasteiger partial charge on any atom is -0.391 e. The summed E-state index contributed by atoms with van der Waals surface area (Å²) in [7, 11) is 0. The molecule has 90 valence electrons. The standard InChI is InChI=1S/C11H17NO4/c13-10-7-12(8-11(14)16-10)5-4-9-3-1-2-6-15-9/h9H,1-8H2. The van der Waals surface area contributed by atoms with Gasteiger partial charge >= 0.3 is 11.9 Å². The molecule has 2 fully saturated rings. The van der Waals surface area contributed by atoms with Crippen molar-refractivity contribution >= 4 is 11.9 Å². The first-order valence-corrected chi connectivity index (χ1v) is 5.81. The van der Waals surface area contributed by atoms with Gasteiger partial charge in [-0.1, -0.05) is 0 Å². The van der Waals surface area contributed by atoms with Crippen LogP contribution in [0.25, 0.3) is 0 Å². The molecule has 0 aliphatic carbocycles. The summed E-state index contributed by atoms with van der Waals surface area (Å²) in [5.74, 6) is -0.887. The molecule has 0 N–H and O–H groups in total. The smallest absolute Gasteiger partial charge is 0.327 e. The van der Waals surface area contributed by atoms with Gasteiger partial charge in [-0.05, 0) is 25.7 Å². The van der Waals surface area contributed by atoms with Gasteiger partial charge in [-0.3, -0.25) is 14.5 Å². The molecule has 0 radical (unpaired) electrons. The zero-order valence-electron chi connectivity index (χ0n) is 9.31.